The normalized spacial score (nSPS) is 11.0. The van der Waals surface area contributed by atoms with Gasteiger partial charge < -0.3 is 6.53 Å². The first kappa shape index (κ1) is 13.4. The minimum atomic E-state index is -0.877. The molecule has 0 fully saturated rings. The van der Waals surface area contributed by atoms with Gasteiger partial charge in [0.25, 0.3) is 0 Å². The standard InChI is InChI=1S/C17H10O2.Na.H/c18-17(19)14-9-7-12-5-4-10-2-1-3-11-6-8-13(14)16(12)15(10)11;;/h1-9H,(H,18,19);;/q;+1;-1. The van der Waals surface area contributed by atoms with E-state index in [1.807, 2.05) is 24.3 Å². The number of hydrogen-bond donors (Lipinski definition) is 1. The van der Waals surface area contributed by atoms with E-state index >= 15 is 0 Å². The van der Waals surface area contributed by atoms with E-state index in [1.165, 1.54) is 0 Å². The summed E-state index contributed by atoms with van der Waals surface area (Å²) in [6.45, 7) is 0. The average Bonchev–Trinajstić information content (AvgIpc) is 2.44. The molecule has 0 radical (unpaired) electrons. The quantitative estimate of drug-likeness (QED) is 0.419. The molecule has 20 heavy (non-hydrogen) atoms. The molecular weight excluding hydrogens is 259 g/mol. The van der Waals surface area contributed by atoms with E-state index in [-0.39, 0.29) is 31.0 Å². The summed E-state index contributed by atoms with van der Waals surface area (Å²) < 4.78 is 0. The molecule has 0 atom stereocenters. The van der Waals surface area contributed by atoms with Crippen molar-refractivity contribution in [2.24, 2.45) is 0 Å². The van der Waals surface area contributed by atoms with E-state index in [1.54, 1.807) is 6.07 Å². The number of carboxylic acids is 1. The van der Waals surface area contributed by atoms with Crippen molar-refractivity contribution in [1.29, 1.82) is 0 Å². The van der Waals surface area contributed by atoms with Crippen LogP contribution < -0.4 is 29.6 Å². The molecular formula is C17H11NaO2. The van der Waals surface area contributed by atoms with Gasteiger partial charge in [0.2, 0.25) is 0 Å². The molecule has 0 aliphatic carbocycles. The molecule has 4 aromatic rings. The monoisotopic (exact) mass is 270 g/mol. The summed E-state index contributed by atoms with van der Waals surface area (Å²) in [5.41, 5.74) is 0.366. The van der Waals surface area contributed by atoms with Gasteiger partial charge in [-0.15, -0.1) is 0 Å². The van der Waals surface area contributed by atoms with Crippen molar-refractivity contribution >= 4 is 38.3 Å². The number of carboxylic acid groups (broad SMARTS) is 1. The Morgan fingerprint density at radius 3 is 2.00 bits per heavy atom. The molecule has 0 saturated carbocycles. The second-order valence-electron chi connectivity index (χ2n) is 4.77. The molecule has 4 rings (SSSR count). The van der Waals surface area contributed by atoms with Crippen molar-refractivity contribution in [2.75, 3.05) is 0 Å². The summed E-state index contributed by atoms with van der Waals surface area (Å²) in [5.74, 6) is -0.877. The third kappa shape index (κ3) is 1.73. The van der Waals surface area contributed by atoms with Crippen LogP contribution in [0.3, 0.4) is 0 Å². The number of rotatable bonds is 1. The Labute approximate surface area is 139 Å². The molecule has 0 unspecified atom stereocenters. The van der Waals surface area contributed by atoms with Crippen LogP contribution in [-0.4, -0.2) is 11.1 Å². The Morgan fingerprint density at radius 1 is 0.800 bits per heavy atom. The first-order valence-corrected chi connectivity index (χ1v) is 6.15. The predicted molar refractivity (Wildman–Crippen MR) is 78.2 cm³/mol. The zero-order valence-electron chi connectivity index (χ0n) is 12.1. The SMILES string of the molecule is O=C(O)c1ccc2ccc3cccc4ccc1c2c34.[H-].[Na+]. The number of aromatic carboxylic acids is 1. The van der Waals surface area contributed by atoms with Gasteiger partial charge in [0.15, 0.2) is 0 Å². The Balaban J connectivity index is 0.000000807. The predicted octanol–water partition coefficient (Wildman–Crippen LogP) is 1.40. The maximum atomic E-state index is 11.3. The molecule has 0 aliphatic heterocycles. The van der Waals surface area contributed by atoms with Crippen LogP contribution in [-0.2, 0) is 0 Å². The van der Waals surface area contributed by atoms with Crippen LogP contribution in [0.1, 0.15) is 11.8 Å². The first-order chi connectivity index (χ1) is 9.25. The number of benzene rings is 4. The average molecular weight is 270 g/mol. The van der Waals surface area contributed by atoms with E-state index in [9.17, 15) is 9.90 Å². The van der Waals surface area contributed by atoms with Gasteiger partial charge in [-0.05, 0) is 38.4 Å². The summed E-state index contributed by atoms with van der Waals surface area (Å²) in [5, 5.41) is 15.7. The van der Waals surface area contributed by atoms with Gasteiger partial charge in [-0.3, -0.25) is 0 Å². The Morgan fingerprint density at radius 2 is 1.35 bits per heavy atom. The molecule has 0 amide bonds. The molecule has 0 saturated heterocycles. The maximum Gasteiger partial charge on any atom is 1.00 e. The van der Waals surface area contributed by atoms with Crippen molar-refractivity contribution in [3.8, 4) is 0 Å². The van der Waals surface area contributed by atoms with Crippen molar-refractivity contribution in [3.63, 3.8) is 0 Å². The largest absolute Gasteiger partial charge is 1.00 e. The number of hydrogen-bond acceptors (Lipinski definition) is 1. The third-order valence-corrected chi connectivity index (χ3v) is 3.76. The molecule has 1 N–H and O–H groups in total. The molecule has 3 heteroatoms. The van der Waals surface area contributed by atoms with Gasteiger partial charge in [0.1, 0.15) is 0 Å². The van der Waals surface area contributed by atoms with Gasteiger partial charge in [-0.2, -0.15) is 0 Å². The molecule has 0 heterocycles. The van der Waals surface area contributed by atoms with Gasteiger partial charge in [0.05, 0.1) is 5.56 Å². The Hall–Kier alpha value is -1.61. The minimum Gasteiger partial charge on any atom is -1.00 e. The molecule has 0 spiro atoms. The van der Waals surface area contributed by atoms with Crippen LogP contribution in [0.15, 0.2) is 54.6 Å². The van der Waals surface area contributed by atoms with Gasteiger partial charge in [0, 0.05) is 0 Å². The summed E-state index contributed by atoms with van der Waals surface area (Å²) in [6.07, 6.45) is 0. The zero-order chi connectivity index (χ0) is 13.0. The van der Waals surface area contributed by atoms with Crippen molar-refractivity contribution in [3.05, 3.63) is 60.2 Å². The van der Waals surface area contributed by atoms with Crippen LogP contribution in [0, 0.1) is 0 Å². The van der Waals surface area contributed by atoms with E-state index in [0.29, 0.717) is 5.56 Å². The zero-order valence-corrected chi connectivity index (χ0v) is 13.1. The fourth-order valence-corrected chi connectivity index (χ4v) is 2.92. The van der Waals surface area contributed by atoms with Crippen LogP contribution >= 0.6 is 0 Å². The molecule has 0 bridgehead atoms. The molecule has 2 nitrogen and oxygen atoms in total. The fraction of sp³-hybridized carbons (Fsp3) is 0. The summed E-state index contributed by atoms with van der Waals surface area (Å²) >= 11 is 0. The van der Waals surface area contributed by atoms with E-state index in [4.69, 9.17) is 0 Å². The smallest absolute Gasteiger partial charge is 1.00 e. The van der Waals surface area contributed by atoms with Crippen LogP contribution in [0.5, 0.6) is 0 Å². The van der Waals surface area contributed by atoms with Gasteiger partial charge >= 0.3 is 35.5 Å². The molecule has 4 aromatic carbocycles. The van der Waals surface area contributed by atoms with Crippen LogP contribution in [0.4, 0.5) is 0 Å². The summed E-state index contributed by atoms with van der Waals surface area (Å²) in [6, 6.07) is 17.8. The van der Waals surface area contributed by atoms with Crippen LogP contribution in [0.2, 0.25) is 0 Å². The maximum absolute atomic E-state index is 11.3. The number of carbonyl (C=O) groups is 1. The molecule has 0 aliphatic rings. The van der Waals surface area contributed by atoms with E-state index in [0.717, 1.165) is 32.3 Å². The summed E-state index contributed by atoms with van der Waals surface area (Å²) in [7, 11) is 0. The van der Waals surface area contributed by atoms with Gasteiger partial charge in [-0.1, -0.05) is 48.5 Å². The second-order valence-corrected chi connectivity index (χ2v) is 4.77. The minimum absolute atomic E-state index is 0. The molecule has 0 aromatic heterocycles. The van der Waals surface area contributed by atoms with Crippen molar-refractivity contribution < 1.29 is 40.9 Å². The van der Waals surface area contributed by atoms with Gasteiger partial charge in [-0.25, -0.2) is 4.79 Å². The summed E-state index contributed by atoms with van der Waals surface area (Å²) in [4.78, 5) is 11.3. The Bertz CT molecular complexity index is 934. The van der Waals surface area contributed by atoms with Crippen molar-refractivity contribution in [1.82, 2.24) is 0 Å². The third-order valence-electron chi connectivity index (χ3n) is 3.76. The van der Waals surface area contributed by atoms with E-state index < -0.39 is 5.97 Å². The van der Waals surface area contributed by atoms with Crippen LogP contribution in [0.25, 0.3) is 32.3 Å². The Kier molecular flexibility index (Phi) is 3.17. The second kappa shape index (κ2) is 4.74. The fourth-order valence-electron chi connectivity index (χ4n) is 2.92. The van der Waals surface area contributed by atoms with Crippen molar-refractivity contribution in [2.45, 2.75) is 0 Å². The van der Waals surface area contributed by atoms with E-state index in [2.05, 4.69) is 24.3 Å². The topological polar surface area (TPSA) is 37.3 Å². The molecule has 92 valence electrons. The first-order valence-electron chi connectivity index (χ1n) is 6.15.